The molecule has 0 aromatic rings. The monoisotopic (exact) mass is 365 g/mol. The molecule has 0 spiro atoms. The van der Waals surface area contributed by atoms with Crippen LogP contribution in [0.1, 0.15) is 41.0 Å². The summed E-state index contributed by atoms with van der Waals surface area (Å²) in [5.41, 5.74) is -1.62. The van der Waals surface area contributed by atoms with Crippen LogP contribution in [0.4, 0.5) is 4.79 Å². The summed E-state index contributed by atoms with van der Waals surface area (Å²) in [5.74, 6) is -0.129. The molecule has 2 N–H and O–H groups in total. The molecular formula is C19H31N3O4. The van der Waals surface area contributed by atoms with Gasteiger partial charge in [0.25, 0.3) is 0 Å². The number of ketones is 2. The molecule has 7 heteroatoms. The molecule has 3 rings (SSSR count). The van der Waals surface area contributed by atoms with Crippen molar-refractivity contribution >= 4 is 17.7 Å². The van der Waals surface area contributed by atoms with E-state index >= 15 is 0 Å². The van der Waals surface area contributed by atoms with Gasteiger partial charge < -0.3 is 9.64 Å². The number of rotatable bonds is 4. The standard InChI is InChI=1S/C19H31N3O4/c1-13(2)16(24)18(5)8-6-7-9-26-17(25)22-11-19(12-22,21-14(3)4)15(23)10-20-18/h6-7,13-14,20-21H,8-12H2,1-5H3/b7-6-. The Morgan fingerprint density at radius 3 is 2.46 bits per heavy atom. The summed E-state index contributed by atoms with van der Waals surface area (Å²) in [4.78, 5) is 39.3. The maximum atomic E-state index is 13.0. The molecule has 0 aliphatic carbocycles. The summed E-state index contributed by atoms with van der Waals surface area (Å²) >= 11 is 0. The highest BCUT2D eigenvalue weighted by molar-refractivity contribution is 5.95. The number of hydrogen-bond acceptors (Lipinski definition) is 6. The van der Waals surface area contributed by atoms with Crippen LogP contribution in [0.2, 0.25) is 0 Å². The van der Waals surface area contributed by atoms with Crippen molar-refractivity contribution in [2.45, 2.75) is 58.2 Å². The average molecular weight is 365 g/mol. The van der Waals surface area contributed by atoms with E-state index in [9.17, 15) is 14.4 Å². The summed E-state index contributed by atoms with van der Waals surface area (Å²) < 4.78 is 5.22. The van der Waals surface area contributed by atoms with Gasteiger partial charge in [-0.1, -0.05) is 26.0 Å². The van der Waals surface area contributed by atoms with Crippen LogP contribution in [0, 0.1) is 5.92 Å². The molecule has 26 heavy (non-hydrogen) atoms. The number of fused-ring (bicyclic) bond motifs is 8. The largest absolute Gasteiger partial charge is 0.445 e. The van der Waals surface area contributed by atoms with Gasteiger partial charge in [0.2, 0.25) is 0 Å². The minimum Gasteiger partial charge on any atom is -0.445 e. The number of hydrogen-bond donors (Lipinski definition) is 2. The number of nitrogens with zero attached hydrogens (tertiary/aromatic N) is 1. The third-order valence-corrected chi connectivity index (χ3v) is 4.98. The smallest absolute Gasteiger partial charge is 0.410 e. The summed E-state index contributed by atoms with van der Waals surface area (Å²) in [5, 5.41) is 6.50. The number of nitrogens with one attached hydrogen (secondary N) is 2. The van der Waals surface area contributed by atoms with Crippen molar-refractivity contribution in [3.63, 3.8) is 0 Å². The Morgan fingerprint density at radius 2 is 1.88 bits per heavy atom. The topological polar surface area (TPSA) is 87.7 Å². The first-order chi connectivity index (χ1) is 12.1. The fourth-order valence-electron chi connectivity index (χ4n) is 3.57. The van der Waals surface area contributed by atoms with Gasteiger partial charge in [-0.05, 0) is 27.2 Å². The van der Waals surface area contributed by atoms with E-state index in [2.05, 4.69) is 10.6 Å². The molecule has 3 heterocycles. The van der Waals surface area contributed by atoms with Gasteiger partial charge in [0.15, 0.2) is 11.6 Å². The zero-order valence-electron chi connectivity index (χ0n) is 16.4. The fourth-order valence-corrected chi connectivity index (χ4v) is 3.57. The van der Waals surface area contributed by atoms with Crippen molar-refractivity contribution in [1.29, 1.82) is 0 Å². The van der Waals surface area contributed by atoms with Gasteiger partial charge in [-0.3, -0.25) is 20.2 Å². The minimum atomic E-state index is -0.832. The third kappa shape index (κ3) is 4.32. The number of amides is 1. The van der Waals surface area contributed by atoms with Crippen molar-refractivity contribution in [2.75, 3.05) is 26.2 Å². The number of carbonyl (C=O) groups excluding carboxylic acids is 3. The second-order valence-corrected chi connectivity index (χ2v) is 8.12. The quantitative estimate of drug-likeness (QED) is 0.730. The summed E-state index contributed by atoms with van der Waals surface area (Å²) in [7, 11) is 0. The highest BCUT2D eigenvalue weighted by Crippen LogP contribution is 2.25. The van der Waals surface area contributed by atoms with Crippen LogP contribution in [0.5, 0.6) is 0 Å². The first-order valence-corrected chi connectivity index (χ1v) is 9.27. The molecule has 0 radical (unpaired) electrons. The molecule has 1 atom stereocenters. The predicted molar refractivity (Wildman–Crippen MR) is 98.9 cm³/mol. The van der Waals surface area contributed by atoms with Crippen LogP contribution in [-0.2, 0) is 14.3 Å². The summed E-state index contributed by atoms with van der Waals surface area (Å²) in [6.45, 7) is 10.3. The SMILES string of the molecule is CC(C)NC12CN(C1)C(=O)OC/C=C\CC(C)(C(=O)C(C)C)NCC2=O. The van der Waals surface area contributed by atoms with E-state index < -0.39 is 17.2 Å². The maximum absolute atomic E-state index is 13.0. The Balaban J connectivity index is 2.25. The van der Waals surface area contributed by atoms with Crippen molar-refractivity contribution in [1.82, 2.24) is 15.5 Å². The molecule has 7 nitrogen and oxygen atoms in total. The van der Waals surface area contributed by atoms with Crippen molar-refractivity contribution in [3.8, 4) is 0 Å². The van der Waals surface area contributed by atoms with Crippen molar-refractivity contribution in [2.24, 2.45) is 5.92 Å². The zero-order chi connectivity index (χ0) is 19.5. The van der Waals surface area contributed by atoms with Crippen LogP contribution < -0.4 is 10.6 Å². The fraction of sp³-hybridized carbons (Fsp3) is 0.737. The third-order valence-electron chi connectivity index (χ3n) is 4.98. The van der Waals surface area contributed by atoms with Gasteiger partial charge in [0, 0.05) is 12.0 Å². The van der Waals surface area contributed by atoms with Crippen LogP contribution in [-0.4, -0.2) is 65.9 Å². The molecule has 2 bridgehead atoms. The van der Waals surface area contributed by atoms with Gasteiger partial charge in [-0.15, -0.1) is 0 Å². The zero-order valence-corrected chi connectivity index (χ0v) is 16.4. The van der Waals surface area contributed by atoms with E-state index in [0.29, 0.717) is 6.42 Å². The summed E-state index contributed by atoms with van der Waals surface area (Å²) in [6.07, 6.45) is 3.58. The Kier molecular flexibility index (Phi) is 6.24. The van der Waals surface area contributed by atoms with Crippen molar-refractivity contribution in [3.05, 3.63) is 12.2 Å². The highest BCUT2D eigenvalue weighted by atomic mass is 16.6. The Bertz CT molecular complexity index is 594. The molecule has 1 fully saturated rings. The lowest BCUT2D eigenvalue weighted by molar-refractivity contribution is -0.132. The van der Waals surface area contributed by atoms with Gasteiger partial charge in [-0.2, -0.15) is 0 Å². The van der Waals surface area contributed by atoms with E-state index in [1.165, 1.54) is 4.90 Å². The molecule has 1 amide bonds. The first-order valence-electron chi connectivity index (χ1n) is 9.27. The second-order valence-electron chi connectivity index (χ2n) is 8.12. The Labute approximate surface area is 155 Å². The van der Waals surface area contributed by atoms with Crippen LogP contribution in [0.15, 0.2) is 12.2 Å². The van der Waals surface area contributed by atoms with Crippen molar-refractivity contribution < 1.29 is 19.1 Å². The first kappa shape index (κ1) is 20.6. The van der Waals surface area contributed by atoms with Crippen LogP contribution >= 0.6 is 0 Å². The van der Waals surface area contributed by atoms with Crippen LogP contribution in [0.3, 0.4) is 0 Å². The molecule has 1 unspecified atom stereocenters. The average Bonchev–Trinajstić information content (AvgIpc) is 2.54. The minimum absolute atomic E-state index is 0.0405. The van der Waals surface area contributed by atoms with Crippen LogP contribution in [0.25, 0.3) is 0 Å². The molecule has 3 aliphatic heterocycles. The molecule has 146 valence electrons. The number of carbonyl (C=O) groups is 3. The maximum Gasteiger partial charge on any atom is 0.410 e. The van der Waals surface area contributed by atoms with E-state index in [0.717, 1.165) is 0 Å². The molecule has 0 aromatic carbocycles. The normalized spacial score (nSPS) is 31.6. The Morgan fingerprint density at radius 1 is 1.23 bits per heavy atom. The lowest BCUT2D eigenvalue weighted by Gasteiger charge is -2.49. The summed E-state index contributed by atoms with van der Waals surface area (Å²) in [6, 6.07) is 0.0955. The second kappa shape index (κ2) is 7.88. The molecule has 0 saturated carbocycles. The lowest BCUT2D eigenvalue weighted by atomic mass is 9.82. The number of Topliss-reactive ketones (excluding diaryl/α,β-unsaturated/α-hetero) is 2. The predicted octanol–water partition coefficient (Wildman–Crippen LogP) is 1.28. The lowest BCUT2D eigenvalue weighted by Crippen LogP contribution is -2.76. The molecule has 0 aromatic heterocycles. The van der Waals surface area contributed by atoms with E-state index in [1.807, 2.05) is 40.7 Å². The van der Waals surface area contributed by atoms with E-state index in [1.54, 1.807) is 6.08 Å². The van der Waals surface area contributed by atoms with Gasteiger partial charge in [0.1, 0.15) is 12.1 Å². The van der Waals surface area contributed by atoms with Gasteiger partial charge >= 0.3 is 6.09 Å². The Hall–Kier alpha value is -1.73. The molecule has 3 aliphatic rings. The van der Waals surface area contributed by atoms with Gasteiger partial charge in [-0.25, -0.2) is 4.79 Å². The molecule has 1 saturated heterocycles. The van der Waals surface area contributed by atoms with E-state index in [-0.39, 0.29) is 49.8 Å². The molecular weight excluding hydrogens is 334 g/mol. The number of ether oxygens (including phenoxy) is 1. The highest BCUT2D eigenvalue weighted by Gasteiger charge is 2.51. The van der Waals surface area contributed by atoms with E-state index in [4.69, 9.17) is 4.74 Å². The van der Waals surface area contributed by atoms with Gasteiger partial charge in [0.05, 0.1) is 25.2 Å².